The van der Waals surface area contributed by atoms with Crippen molar-refractivity contribution in [2.24, 2.45) is 5.73 Å². The van der Waals surface area contributed by atoms with E-state index >= 15 is 0 Å². The maximum atomic E-state index is 12.7. The number of hydrogen-bond acceptors (Lipinski definition) is 3. The minimum atomic E-state index is -0.467. The first-order valence-electron chi connectivity index (χ1n) is 9.37. The molecule has 6 nitrogen and oxygen atoms in total. The minimum absolute atomic E-state index is 0.0806. The molecule has 4 N–H and O–H groups in total. The Kier molecular flexibility index (Phi) is 4.58. The number of nitrogens with one attached hydrogen (secondary N) is 2. The Balaban J connectivity index is 1.58. The van der Waals surface area contributed by atoms with Crippen molar-refractivity contribution in [3.8, 4) is 0 Å². The van der Waals surface area contributed by atoms with Crippen LogP contribution in [-0.2, 0) is 0 Å². The average molecular weight is 364 g/mol. The van der Waals surface area contributed by atoms with Crippen LogP contribution < -0.4 is 11.1 Å². The standard InChI is InChI=1S/C21H24N4O2/c1-25-11-3-4-14(25)9-10-23-21(27)17-6-2-5-16-15-8-7-13(20(22)26)12-18(15)24-19(16)17/h2,5-8,12,14,24H,3-4,9-11H2,1H3,(H2,22,26)(H,23,27). The van der Waals surface area contributed by atoms with Gasteiger partial charge in [0.2, 0.25) is 5.91 Å². The van der Waals surface area contributed by atoms with Crippen molar-refractivity contribution in [1.29, 1.82) is 0 Å². The van der Waals surface area contributed by atoms with Crippen LogP contribution >= 0.6 is 0 Å². The third-order valence-corrected chi connectivity index (χ3v) is 5.60. The molecule has 0 aliphatic carbocycles. The van der Waals surface area contributed by atoms with E-state index < -0.39 is 5.91 Å². The topological polar surface area (TPSA) is 91.2 Å². The zero-order chi connectivity index (χ0) is 19.0. The van der Waals surface area contributed by atoms with Gasteiger partial charge in [0.25, 0.3) is 5.91 Å². The van der Waals surface area contributed by atoms with Crippen molar-refractivity contribution in [3.05, 3.63) is 47.5 Å². The van der Waals surface area contributed by atoms with Crippen molar-refractivity contribution < 1.29 is 9.59 Å². The number of carbonyl (C=O) groups is 2. The molecule has 2 amide bonds. The van der Waals surface area contributed by atoms with Crippen LogP contribution in [-0.4, -0.2) is 47.9 Å². The number of hydrogen-bond donors (Lipinski definition) is 3. The van der Waals surface area contributed by atoms with E-state index in [-0.39, 0.29) is 5.91 Å². The lowest BCUT2D eigenvalue weighted by Gasteiger charge is -2.19. The third-order valence-electron chi connectivity index (χ3n) is 5.60. The molecule has 1 aliphatic rings. The molecule has 1 unspecified atom stereocenters. The number of aromatic amines is 1. The summed E-state index contributed by atoms with van der Waals surface area (Å²) in [6.45, 7) is 1.80. The normalized spacial score (nSPS) is 17.6. The largest absolute Gasteiger partial charge is 0.366 e. The van der Waals surface area contributed by atoms with Crippen LogP contribution in [0.25, 0.3) is 21.8 Å². The van der Waals surface area contributed by atoms with E-state index in [2.05, 4.69) is 22.2 Å². The average Bonchev–Trinajstić information content (AvgIpc) is 3.24. The molecule has 1 atom stereocenters. The monoisotopic (exact) mass is 364 g/mol. The Morgan fingerprint density at radius 2 is 2.11 bits per heavy atom. The summed E-state index contributed by atoms with van der Waals surface area (Å²) in [6, 6.07) is 11.6. The molecule has 1 fully saturated rings. The highest BCUT2D eigenvalue weighted by Gasteiger charge is 2.21. The molecule has 27 heavy (non-hydrogen) atoms. The van der Waals surface area contributed by atoms with Crippen LogP contribution in [0.15, 0.2) is 36.4 Å². The number of benzene rings is 2. The molecule has 0 bridgehead atoms. The molecule has 0 saturated carbocycles. The zero-order valence-corrected chi connectivity index (χ0v) is 15.4. The van der Waals surface area contributed by atoms with Crippen molar-refractivity contribution in [2.45, 2.75) is 25.3 Å². The van der Waals surface area contributed by atoms with E-state index in [0.29, 0.717) is 23.7 Å². The second-order valence-corrected chi connectivity index (χ2v) is 7.30. The predicted molar refractivity (Wildman–Crippen MR) is 107 cm³/mol. The van der Waals surface area contributed by atoms with Gasteiger partial charge in [-0.1, -0.05) is 18.2 Å². The lowest BCUT2D eigenvalue weighted by atomic mass is 10.1. The highest BCUT2D eigenvalue weighted by Crippen LogP contribution is 2.28. The number of nitrogens with zero attached hydrogens (tertiary/aromatic N) is 1. The van der Waals surface area contributed by atoms with Crippen LogP contribution in [0.4, 0.5) is 0 Å². The number of primary amides is 1. The maximum absolute atomic E-state index is 12.7. The van der Waals surface area contributed by atoms with Crippen molar-refractivity contribution in [3.63, 3.8) is 0 Å². The molecule has 1 saturated heterocycles. The molecule has 1 aromatic heterocycles. The highest BCUT2D eigenvalue weighted by molar-refractivity contribution is 6.15. The van der Waals surface area contributed by atoms with Gasteiger partial charge in [-0.3, -0.25) is 9.59 Å². The van der Waals surface area contributed by atoms with E-state index in [0.717, 1.165) is 34.8 Å². The minimum Gasteiger partial charge on any atom is -0.366 e. The van der Waals surface area contributed by atoms with Gasteiger partial charge in [-0.05, 0) is 51.1 Å². The van der Waals surface area contributed by atoms with Crippen LogP contribution in [0.2, 0.25) is 0 Å². The highest BCUT2D eigenvalue weighted by atomic mass is 16.2. The van der Waals surface area contributed by atoms with Gasteiger partial charge in [0, 0.05) is 34.4 Å². The maximum Gasteiger partial charge on any atom is 0.253 e. The summed E-state index contributed by atoms with van der Waals surface area (Å²) in [5.74, 6) is -0.548. The van der Waals surface area contributed by atoms with Crippen LogP contribution in [0, 0.1) is 0 Å². The Hall–Kier alpha value is -2.86. The number of likely N-dealkylation sites (tertiary alicyclic amines) is 1. The smallest absolute Gasteiger partial charge is 0.253 e. The quantitative estimate of drug-likeness (QED) is 0.650. The summed E-state index contributed by atoms with van der Waals surface area (Å²) in [5.41, 5.74) is 8.02. The lowest BCUT2D eigenvalue weighted by Crippen LogP contribution is -2.31. The van der Waals surface area contributed by atoms with Crippen LogP contribution in [0.3, 0.4) is 0 Å². The first kappa shape index (κ1) is 17.5. The molecule has 4 rings (SSSR count). The van der Waals surface area contributed by atoms with Crippen LogP contribution in [0.5, 0.6) is 0 Å². The molecule has 3 aromatic rings. The van der Waals surface area contributed by atoms with Gasteiger partial charge >= 0.3 is 0 Å². The number of nitrogens with two attached hydrogens (primary N) is 1. The zero-order valence-electron chi connectivity index (χ0n) is 15.4. The Labute approximate surface area is 157 Å². The van der Waals surface area contributed by atoms with Gasteiger partial charge in [-0.15, -0.1) is 0 Å². The predicted octanol–water partition coefficient (Wildman–Crippen LogP) is 2.63. The summed E-state index contributed by atoms with van der Waals surface area (Å²) in [4.78, 5) is 29.8. The molecular formula is C21H24N4O2. The summed E-state index contributed by atoms with van der Waals surface area (Å²) in [5, 5.41) is 4.98. The number of fused-ring (bicyclic) bond motifs is 3. The van der Waals surface area contributed by atoms with Gasteiger partial charge < -0.3 is 20.9 Å². The Morgan fingerprint density at radius 1 is 1.26 bits per heavy atom. The molecule has 140 valence electrons. The van der Waals surface area contributed by atoms with Gasteiger partial charge in [-0.25, -0.2) is 0 Å². The Bertz CT molecular complexity index is 1020. The number of H-pyrrole nitrogens is 1. The summed E-state index contributed by atoms with van der Waals surface area (Å²) in [7, 11) is 2.14. The molecule has 1 aliphatic heterocycles. The number of rotatable bonds is 5. The van der Waals surface area contributed by atoms with Crippen molar-refractivity contribution in [1.82, 2.24) is 15.2 Å². The van der Waals surface area contributed by atoms with Gasteiger partial charge in [0.15, 0.2) is 0 Å². The lowest BCUT2D eigenvalue weighted by molar-refractivity contribution is 0.0950. The fourth-order valence-corrected chi connectivity index (χ4v) is 4.06. The number of aromatic nitrogens is 1. The molecule has 0 radical (unpaired) electrons. The van der Waals surface area contributed by atoms with Gasteiger partial charge in [-0.2, -0.15) is 0 Å². The van der Waals surface area contributed by atoms with Crippen molar-refractivity contribution in [2.75, 3.05) is 20.1 Å². The first-order chi connectivity index (χ1) is 13.0. The van der Waals surface area contributed by atoms with E-state index in [9.17, 15) is 9.59 Å². The van der Waals surface area contributed by atoms with Gasteiger partial charge in [0.1, 0.15) is 0 Å². The third kappa shape index (κ3) is 3.28. The van der Waals surface area contributed by atoms with E-state index in [1.807, 2.05) is 24.3 Å². The Morgan fingerprint density at radius 3 is 2.85 bits per heavy atom. The van der Waals surface area contributed by atoms with E-state index in [1.165, 1.54) is 12.8 Å². The summed E-state index contributed by atoms with van der Waals surface area (Å²) in [6.07, 6.45) is 3.40. The fourth-order valence-electron chi connectivity index (χ4n) is 4.06. The second-order valence-electron chi connectivity index (χ2n) is 7.30. The van der Waals surface area contributed by atoms with Crippen molar-refractivity contribution >= 4 is 33.6 Å². The molecule has 6 heteroatoms. The second kappa shape index (κ2) is 7.04. The number of para-hydroxylation sites is 1. The number of carbonyl (C=O) groups excluding carboxylic acids is 2. The molecule has 0 spiro atoms. The SMILES string of the molecule is CN1CCCC1CCNC(=O)c1cccc2c1[nH]c1cc(C(N)=O)ccc12. The van der Waals surface area contributed by atoms with E-state index in [4.69, 9.17) is 5.73 Å². The van der Waals surface area contributed by atoms with Crippen LogP contribution in [0.1, 0.15) is 40.0 Å². The first-order valence-corrected chi connectivity index (χ1v) is 9.37. The summed E-state index contributed by atoms with van der Waals surface area (Å²) < 4.78 is 0. The fraction of sp³-hybridized carbons (Fsp3) is 0.333. The molecule has 2 heterocycles. The number of amides is 2. The molecule has 2 aromatic carbocycles. The summed E-state index contributed by atoms with van der Waals surface area (Å²) >= 11 is 0. The molecular weight excluding hydrogens is 340 g/mol. The van der Waals surface area contributed by atoms with Gasteiger partial charge in [0.05, 0.1) is 11.1 Å². The van der Waals surface area contributed by atoms with E-state index in [1.54, 1.807) is 12.1 Å².